The van der Waals surface area contributed by atoms with Crippen molar-refractivity contribution in [2.24, 2.45) is 9.98 Å². The van der Waals surface area contributed by atoms with Gasteiger partial charge in [0.25, 0.3) is 0 Å². The van der Waals surface area contributed by atoms with Crippen LogP contribution in [0.3, 0.4) is 0 Å². The van der Waals surface area contributed by atoms with Crippen molar-refractivity contribution in [2.45, 2.75) is 6.92 Å². The summed E-state index contributed by atoms with van der Waals surface area (Å²) in [7, 11) is 0. The van der Waals surface area contributed by atoms with Gasteiger partial charge in [0, 0.05) is 0 Å². The Balaban J connectivity index is 2.22. The van der Waals surface area contributed by atoms with Crippen molar-refractivity contribution in [1.82, 2.24) is 0 Å². The highest BCUT2D eigenvalue weighted by atomic mass is 14.8. The van der Waals surface area contributed by atoms with Gasteiger partial charge in [0.2, 0.25) is 0 Å². The largest absolute Gasteiger partial charge is 0.188 e. The van der Waals surface area contributed by atoms with Crippen molar-refractivity contribution >= 4 is 17.4 Å². The van der Waals surface area contributed by atoms with Crippen molar-refractivity contribution in [3.8, 4) is 0 Å². The Morgan fingerprint density at radius 3 is 2.25 bits per heavy atom. The highest BCUT2D eigenvalue weighted by Crippen LogP contribution is 2.16. The van der Waals surface area contributed by atoms with Crippen LogP contribution in [0, 0.1) is 6.92 Å². The van der Waals surface area contributed by atoms with Gasteiger partial charge >= 0.3 is 0 Å². The molecule has 0 N–H and O–H groups in total. The Hall–Kier alpha value is -2.18. The first-order chi connectivity index (χ1) is 7.86. The molecule has 0 spiro atoms. The van der Waals surface area contributed by atoms with E-state index in [9.17, 15) is 0 Å². The monoisotopic (exact) mass is 208 g/mol. The van der Waals surface area contributed by atoms with Crippen molar-refractivity contribution in [3.05, 3.63) is 60.2 Å². The first kappa shape index (κ1) is 10.3. The zero-order chi connectivity index (χ0) is 11.2. The molecule has 2 heteroatoms. The van der Waals surface area contributed by atoms with Gasteiger partial charge in [-0.2, -0.15) is 9.98 Å². The highest BCUT2D eigenvalue weighted by Gasteiger charge is 1.90. The van der Waals surface area contributed by atoms with Gasteiger partial charge < -0.3 is 0 Å². The van der Waals surface area contributed by atoms with E-state index in [0.29, 0.717) is 0 Å². The molecule has 2 aromatic rings. The lowest BCUT2D eigenvalue weighted by atomic mass is 10.2. The van der Waals surface area contributed by atoms with Gasteiger partial charge in [-0.05, 0) is 30.7 Å². The summed E-state index contributed by atoms with van der Waals surface area (Å²) >= 11 is 0. The van der Waals surface area contributed by atoms with Crippen LogP contribution < -0.4 is 0 Å². The molecule has 0 aliphatic heterocycles. The molecule has 2 aromatic carbocycles. The average Bonchev–Trinajstić information content (AvgIpc) is 2.33. The second kappa shape index (κ2) is 5.06. The zero-order valence-corrected chi connectivity index (χ0v) is 9.09. The summed E-state index contributed by atoms with van der Waals surface area (Å²) in [6, 6.07) is 20.3. The van der Waals surface area contributed by atoms with Gasteiger partial charge in [0.1, 0.15) is 6.01 Å². The summed E-state index contributed by atoms with van der Waals surface area (Å²) in [5, 5.41) is 0. The first-order valence-corrected chi connectivity index (χ1v) is 5.13. The number of hydrogen-bond acceptors (Lipinski definition) is 2. The van der Waals surface area contributed by atoms with Crippen molar-refractivity contribution < 1.29 is 0 Å². The molecule has 0 amide bonds. The third-order valence-corrected chi connectivity index (χ3v) is 2.22. The topological polar surface area (TPSA) is 24.7 Å². The van der Waals surface area contributed by atoms with E-state index in [1.165, 1.54) is 0 Å². The molecular weight excluding hydrogens is 196 g/mol. The third-order valence-electron chi connectivity index (χ3n) is 2.22. The van der Waals surface area contributed by atoms with Crippen molar-refractivity contribution in [2.75, 3.05) is 0 Å². The fourth-order valence-corrected chi connectivity index (χ4v) is 1.33. The lowest BCUT2D eigenvalue weighted by Crippen LogP contribution is -1.71. The molecule has 2 nitrogen and oxygen atoms in total. The minimum Gasteiger partial charge on any atom is -0.188 e. The summed E-state index contributed by atoms with van der Waals surface area (Å²) in [4.78, 5) is 8.31. The summed E-state index contributed by atoms with van der Waals surface area (Å²) in [5.74, 6) is 0. The molecule has 0 saturated carbocycles. The molecule has 0 bridgehead atoms. The number of aryl methyl sites for hydroxylation is 1. The number of nitrogens with zero attached hydrogens (tertiary/aromatic N) is 2. The van der Waals surface area contributed by atoms with E-state index in [0.717, 1.165) is 16.9 Å². The average molecular weight is 208 g/mol. The second-order valence-corrected chi connectivity index (χ2v) is 3.45. The number of para-hydroxylation sites is 2. The van der Waals surface area contributed by atoms with Crippen LogP contribution in [0.4, 0.5) is 11.4 Å². The SMILES string of the molecule is Cc1ccccc1N=C=Nc1ccccc1. The summed E-state index contributed by atoms with van der Waals surface area (Å²) < 4.78 is 0. The Bertz CT molecular complexity index is 523. The van der Waals surface area contributed by atoms with E-state index in [1.54, 1.807) is 0 Å². The number of benzene rings is 2. The van der Waals surface area contributed by atoms with Crippen LogP contribution in [0.5, 0.6) is 0 Å². The second-order valence-electron chi connectivity index (χ2n) is 3.45. The standard InChI is InChI=1S/C14H12N2/c1-12-7-5-6-10-14(12)16-11-15-13-8-3-2-4-9-13/h2-10H,1H3. The predicted molar refractivity (Wildman–Crippen MR) is 66.8 cm³/mol. The maximum Gasteiger partial charge on any atom is 0.100 e. The molecular formula is C14H12N2. The molecule has 16 heavy (non-hydrogen) atoms. The number of rotatable bonds is 2. The molecule has 2 rings (SSSR count). The Morgan fingerprint density at radius 1 is 0.812 bits per heavy atom. The van der Waals surface area contributed by atoms with Crippen LogP contribution in [-0.2, 0) is 0 Å². The molecule has 0 aliphatic carbocycles. The van der Waals surface area contributed by atoms with Crippen LogP contribution in [-0.4, -0.2) is 6.01 Å². The molecule has 0 fully saturated rings. The van der Waals surface area contributed by atoms with Crippen LogP contribution >= 0.6 is 0 Å². The van der Waals surface area contributed by atoms with Gasteiger partial charge in [0.15, 0.2) is 0 Å². The predicted octanol–water partition coefficient (Wildman–Crippen LogP) is 4.13. The lowest BCUT2D eigenvalue weighted by molar-refractivity contribution is 1.40. The van der Waals surface area contributed by atoms with E-state index >= 15 is 0 Å². The van der Waals surface area contributed by atoms with Gasteiger partial charge in [0.05, 0.1) is 11.4 Å². The van der Waals surface area contributed by atoms with E-state index in [2.05, 4.69) is 16.0 Å². The fourth-order valence-electron chi connectivity index (χ4n) is 1.33. The van der Waals surface area contributed by atoms with Gasteiger partial charge in [-0.1, -0.05) is 36.4 Å². The number of aliphatic imine (C=N–C) groups is 2. The maximum atomic E-state index is 4.18. The minimum atomic E-state index is 0.861. The summed E-state index contributed by atoms with van der Waals surface area (Å²) in [6.45, 7) is 2.02. The molecule has 0 heterocycles. The Kier molecular flexibility index (Phi) is 3.27. The Labute approximate surface area is 95.0 Å². The van der Waals surface area contributed by atoms with Crippen LogP contribution in [0.2, 0.25) is 0 Å². The highest BCUT2D eigenvalue weighted by molar-refractivity contribution is 5.59. The van der Waals surface area contributed by atoms with Gasteiger partial charge in [-0.25, -0.2) is 0 Å². The van der Waals surface area contributed by atoms with Crippen LogP contribution in [0.15, 0.2) is 64.6 Å². The first-order valence-electron chi connectivity index (χ1n) is 5.13. The quantitative estimate of drug-likeness (QED) is 0.663. The minimum absolute atomic E-state index is 0.861. The maximum absolute atomic E-state index is 4.18. The van der Waals surface area contributed by atoms with Gasteiger partial charge in [-0.15, -0.1) is 0 Å². The van der Waals surface area contributed by atoms with Crippen LogP contribution in [0.25, 0.3) is 0 Å². The number of hydrogen-bond donors (Lipinski definition) is 0. The van der Waals surface area contributed by atoms with E-state index < -0.39 is 0 Å². The Morgan fingerprint density at radius 2 is 1.50 bits per heavy atom. The van der Waals surface area contributed by atoms with E-state index in [4.69, 9.17) is 0 Å². The van der Waals surface area contributed by atoms with Crippen LogP contribution in [0.1, 0.15) is 5.56 Å². The smallest absolute Gasteiger partial charge is 0.100 e. The molecule has 0 unspecified atom stereocenters. The zero-order valence-electron chi connectivity index (χ0n) is 9.09. The molecule has 0 aromatic heterocycles. The molecule has 0 aliphatic rings. The molecule has 0 atom stereocenters. The van der Waals surface area contributed by atoms with E-state index in [-0.39, 0.29) is 0 Å². The lowest BCUT2D eigenvalue weighted by Gasteiger charge is -1.94. The van der Waals surface area contributed by atoms with E-state index in [1.807, 2.05) is 61.5 Å². The molecule has 78 valence electrons. The van der Waals surface area contributed by atoms with Crippen molar-refractivity contribution in [3.63, 3.8) is 0 Å². The summed E-state index contributed by atoms with van der Waals surface area (Å²) in [6.07, 6.45) is 0. The molecule has 0 saturated heterocycles. The molecule has 0 radical (unpaired) electrons. The van der Waals surface area contributed by atoms with Gasteiger partial charge in [-0.3, -0.25) is 0 Å². The normalized spacial score (nSPS) is 9.31. The van der Waals surface area contributed by atoms with Crippen molar-refractivity contribution in [1.29, 1.82) is 0 Å². The fraction of sp³-hybridized carbons (Fsp3) is 0.0714. The summed E-state index contributed by atoms with van der Waals surface area (Å²) in [5.41, 5.74) is 2.89. The third kappa shape index (κ3) is 2.66.